The normalized spacial score (nSPS) is 19.2. The highest BCUT2D eigenvalue weighted by Gasteiger charge is 2.39. The number of amidine groups is 1. The first kappa shape index (κ1) is 15.7. The number of nitrogens with one attached hydrogen (secondary N) is 1. The predicted octanol–water partition coefficient (Wildman–Crippen LogP) is 2.00. The van der Waals surface area contributed by atoms with E-state index in [1.807, 2.05) is 13.8 Å². The molecule has 1 aromatic rings. The Morgan fingerprint density at radius 2 is 2.00 bits per heavy atom. The van der Waals surface area contributed by atoms with E-state index in [1.54, 1.807) is 24.3 Å². The Morgan fingerprint density at radius 1 is 1.33 bits per heavy atom. The highest BCUT2D eigenvalue weighted by molar-refractivity contribution is 6.30. The minimum absolute atomic E-state index is 0.251. The summed E-state index contributed by atoms with van der Waals surface area (Å²) in [4.78, 5) is 28.6. The molecule has 112 valence electrons. The zero-order chi connectivity index (χ0) is 15.6. The summed E-state index contributed by atoms with van der Waals surface area (Å²) in [6.07, 6.45) is 1.16. The molecule has 5 nitrogen and oxygen atoms in total. The molecule has 1 atom stereocenters. The minimum atomic E-state index is -0.967. The quantitative estimate of drug-likeness (QED) is 0.834. The van der Waals surface area contributed by atoms with Gasteiger partial charge in [-0.1, -0.05) is 37.6 Å². The van der Waals surface area contributed by atoms with E-state index in [0.717, 1.165) is 0 Å². The van der Waals surface area contributed by atoms with Crippen molar-refractivity contribution in [2.24, 2.45) is 10.7 Å². The largest absolute Gasteiger partial charge is 0.319 e. The van der Waals surface area contributed by atoms with Crippen molar-refractivity contribution in [1.82, 2.24) is 5.32 Å². The molecule has 3 N–H and O–H groups in total. The van der Waals surface area contributed by atoms with Gasteiger partial charge in [0, 0.05) is 5.02 Å². The summed E-state index contributed by atoms with van der Waals surface area (Å²) in [5.41, 5.74) is 5.93. The molecule has 1 unspecified atom stereocenters. The molecule has 6 heteroatoms. The highest BCUT2D eigenvalue weighted by Crippen LogP contribution is 2.25. The summed E-state index contributed by atoms with van der Waals surface area (Å²) in [6.45, 7) is 3.79. The van der Waals surface area contributed by atoms with Crippen LogP contribution >= 0.6 is 11.6 Å². The van der Waals surface area contributed by atoms with E-state index in [1.165, 1.54) is 0 Å². The van der Waals surface area contributed by atoms with Gasteiger partial charge in [-0.15, -0.1) is 0 Å². The minimum Gasteiger partial charge on any atom is -0.319 e. The summed E-state index contributed by atoms with van der Waals surface area (Å²) < 4.78 is 0. The average molecular weight is 308 g/mol. The Balaban J connectivity index is 2.37. The topological polar surface area (TPSA) is 84.5 Å². The first-order valence-electron chi connectivity index (χ1n) is 6.89. The number of hydrogen-bond donors (Lipinski definition) is 2. The van der Waals surface area contributed by atoms with Gasteiger partial charge in [0.15, 0.2) is 0 Å². The highest BCUT2D eigenvalue weighted by atomic mass is 35.5. The van der Waals surface area contributed by atoms with Crippen LogP contribution in [0.5, 0.6) is 0 Å². The zero-order valence-corrected chi connectivity index (χ0v) is 12.8. The van der Waals surface area contributed by atoms with Crippen LogP contribution in [0, 0.1) is 0 Å². The van der Waals surface area contributed by atoms with E-state index in [9.17, 15) is 9.59 Å². The van der Waals surface area contributed by atoms with Gasteiger partial charge in [0.2, 0.25) is 5.91 Å². The number of amides is 2. The number of carbonyl (C=O) groups is 2. The third-order valence-corrected chi connectivity index (χ3v) is 4.12. The van der Waals surface area contributed by atoms with Gasteiger partial charge >= 0.3 is 0 Å². The van der Waals surface area contributed by atoms with Crippen LogP contribution in [0.1, 0.15) is 38.2 Å². The fourth-order valence-corrected chi connectivity index (χ4v) is 2.50. The third kappa shape index (κ3) is 2.99. The van der Waals surface area contributed by atoms with Gasteiger partial charge < -0.3 is 11.1 Å². The van der Waals surface area contributed by atoms with Crippen LogP contribution in [0.25, 0.3) is 0 Å². The number of aliphatic imine (C=N–C) groups is 1. The number of carbonyl (C=O) groups excluding carboxylic acids is 2. The van der Waals surface area contributed by atoms with Gasteiger partial charge in [0.25, 0.3) is 5.91 Å². The SMILES string of the molecule is CCC(N)(CC)C1=NC(=O)C(c2cccc(Cl)c2)C(=O)N1. The molecular weight excluding hydrogens is 290 g/mol. The number of halogens is 1. The Labute approximate surface area is 128 Å². The fourth-order valence-electron chi connectivity index (χ4n) is 2.30. The van der Waals surface area contributed by atoms with E-state index in [0.29, 0.717) is 23.4 Å². The van der Waals surface area contributed by atoms with Crippen molar-refractivity contribution in [1.29, 1.82) is 0 Å². The smallest absolute Gasteiger partial charge is 0.264 e. The van der Waals surface area contributed by atoms with Crippen LogP contribution in [0.4, 0.5) is 0 Å². The Hall–Kier alpha value is -1.72. The summed E-state index contributed by atoms with van der Waals surface area (Å²) in [5, 5.41) is 3.15. The average Bonchev–Trinajstić information content (AvgIpc) is 2.45. The fraction of sp³-hybridized carbons (Fsp3) is 0.400. The maximum Gasteiger partial charge on any atom is 0.264 e. The summed E-state index contributed by atoms with van der Waals surface area (Å²) in [6, 6.07) is 6.66. The lowest BCUT2D eigenvalue weighted by Crippen LogP contribution is -2.58. The Bertz CT molecular complexity index is 609. The number of hydrogen-bond acceptors (Lipinski definition) is 3. The molecule has 1 aliphatic rings. The lowest BCUT2D eigenvalue weighted by atomic mass is 9.89. The molecule has 2 amide bonds. The molecule has 0 saturated carbocycles. The molecule has 0 bridgehead atoms. The number of nitrogens with two attached hydrogens (primary N) is 1. The van der Waals surface area contributed by atoms with Crippen LogP contribution in [0.15, 0.2) is 29.3 Å². The molecule has 1 heterocycles. The molecule has 21 heavy (non-hydrogen) atoms. The van der Waals surface area contributed by atoms with Crippen LogP contribution < -0.4 is 11.1 Å². The molecule has 0 fully saturated rings. The second-order valence-electron chi connectivity index (χ2n) is 5.14. The molecule has 1 aromatic carbocycles. The van der Waals surface area contributed by atoms with E-state index in [4.69, 9.17) is 17.3 Å². The second-order valence-corrected chi connectivity index (χ2v) is 5.58. The Kier molecular flexibility index (Phi) is 4.44. The van der Waals surface area contributed by atoms with Gasteiger partial charge in [0.05, 0.1) is 5.54 Å². The standard InChI is InChI=1S/C15H18ClN3O2/c1-3-15(17,4-2)14-18-12(20)11(13(21)19-14)9-6-5-7-10(16)8-9/h5-8,11H,3-4,17H2,1-2H3,(H,18,19,20,21). The summed E-state index contributed by atoms with van der Waals surface area (Å²) >= 11 is 5.91. The zero-order valence-electron chi connectivity index (χ0n) is 12.0. The van der Waals surface area contributed by atoms with Crippen molar-refractivity contribution >= 4 is 29.3 Å². The van der Waals surface area contributed by atoms with Crippen molar-refractivity contribution in [2.45, 2.75) is 38.1 Å². The van der Waals surface area contributed by atoms with Gasteiger partial charge in [-0.05, 0) is 30.5 Å². The molecule has 0 radical (unpaired) electrons. The van der Waals surface area contributed by atoms with Crippen molar-refractivity contribution in [3.63, 3.8) is 0 Å². The molecule has 0 aliphatic carbocycles. The maximum absolute atomic E-state index is 12.3. The number of nitrogens with zero attached hydrogens (tertiary/aromatic N) is 1. The van der Waals surface area contributed by atoms with Crippen LogP contribution in [-0.4, -0.2) is 23.2 Å². The molecule has 2 rings (SSSR count). The molecule has 0 aromatic heterocycles. The number of rotatable bonds is 4. The first-order valence-corrected chi connectivity index (χ1v) is 7.27. The van der Waals surface area contributed by atoms with Gasteiger partial charge in [0.1, 0.15) is 11.8 Å². The molecule has 1 aliphatic heterocycles. The van der Waals surface area contributed by atoms with Crippen molar-refractivity contribution in [2.75, 3.05) is 0 Å². The van der Waals surface area contributed by atoms with E-state index < -0.39 is 23.3 Å². The molecular formula is C15H18ClN3O2. The predicted molar refractivity (Wildman–Crippen MR) is 82.3 cm³/mol. The molecule has 0 saturated heterocycles. The van der Waals surface area contributed by atoms with Gasteiger partial charge in [-0.25, -0.2) is 0 Å². The maximum atomic E-state index is 12.3. The van der Waals surface area contributed by atoms with E-state index in [-0.39, 0.29) is 5.84 Å². The lowest BCUT2D eigenvalue weighted by molar-refractivity contribution is -0.130. The lowest BCUT2D eigenvalue weighted by Gasteiger charge is -2.32. The molecule has 0 spiro atoms. The van der Waals surface area contributed by atoms with Gasteiger partial charge in [-0.2, -0.15) is 4.99 Å². The van der Waals surface area contributed by atoms with Crippen molar-refractivity contribution in [3.05, 3.63) is 34.9 Å². The van der Waals surface area contributed by atoms with E-state index in [2.05, 4.69) is 10.3 Å². The van der Waals surface area contributed by atoms with Gasteiger partial charge in [-0.3, -0.25) is 9.59 Å². The summed E-state index contributed by atoms with van der Waals surface area (Å²) in [7, 11) is 0. The van der Waals surface area contributed by atoms with Crippen LogP contribution in [0.2, 0.25) is 5.02 Å². The monoisotopic (exact) mass is 307 g/mol. The number of benzene rings is 1. The van der Waals surface area contributed by atoms with Crippen LogP contribution in [0.3, 0.4) is 0 Å². The van der Waals surface area contributed by atoms with E-state index >= 15 is 0 Å². The summed E-state index contributed by atoms with van der Waals surface area (Å²) in [5.74, 6) is -1.64. The second kappa shape index (κ2) is 5.95. The van der Waals surface area contributed by atoms with Crippen molar-refractivity contribution < 1.29 is 9.59 Å². The van der Waals surface area contributed by atoms with Crippen LogP contribution in [-0.2, 0) is 9.59 Å². The van der Waals surface area contributed by atoms with Crippen molar-refractivity contribution in [3.8, 4) is 0 Å². The Morgan fingerprint density at radius 3 is 2.52 bits per heavy atom. The first-order chi connectivity index (χ1) is 9.91. The third-order valence-electron chi connectivity index (χ3n) is 3.89.